The first-order chi connectivity index (χ1) is 6.79. The van der Waals surface area contributed by atoms with Crippen LogP contribution in [0.25, 0.3) is 5.82 Å². The first-order valence-electron chi connectivity index (χ1n) is 3.91. The third-order valence-electron chi connectivity index (χ3n) is 1.72. The Bertz CT molecular complexity index is 449. The molecule has 0 atom stereocenters. The Balaban J connectivity index is 2.38. The van der Waals surface area contributed by atoms with E-state index in [4.69, 9.17) is 11.6 Å². The molecule has 0 saturated carbocycles. The summed E-state index contributed by atoms with van der Waals surface area (Å²) < 4.78 is 1.68. The van der Waals surface area contributed by atoms with Gasteiger partial charge in [-0.15, -0.1) is 0 Å². The number of hydrogen-bond acceptors (Lipinski definition) is 3. The van der Waals surface area contributed by atoms with Gasteiger partial charge < -0.3 is 0 Å². The van der Waals surface area contributed by atoms with Crippen molar-refractivity contribution < 1.29 is 4.79 Å². The Hall–Kier alpha value is -1.68. The topological polar surface area (TPSA) is 47.8 Å². The van der Waals surface area contributed by atoms with E-state index in [-0.39, 0.29) is 0 Å². The number of nitrogens with zero attached hydrogens (tertiary/aromatic N) is 3. The molecule has 2 rings (SSSR count). The maximum atomic E-state index is 10.4. The molecule has 0 spiro atoms. The molecule has 0 radical (unpaired) electrons. The molecule has 0 aromatic carbocycles. The van der Waals surface area contributed by atoms with E-state index in [1.165, 1.54) is 6.20 Å². The van der Waals surface area contributed by atoms with Crippen molar-refractivity contribution in [3.8, 4) is 5.82 Å². The zero-order valence-electron chi connectivity index (χ0n) is 7.09. The Morgan fingerprint density at radius 3 is 2.71 bits per heavy atom. The van der Waals surface area contributed by atoms with Crippen molar-refractivity contribution in [2.75, 3.05) is 0 Å². The van der Waals surface area contributed by atoms with Crippen molar-refractivity contribution in [2.24, 2.45) is 0 Å². The number of rotatable bonds is 2. The summed E-state index contributed by atoms with van der Waals surface area (Å²) >= 11 is 5.65. The molecule has 0 bridgehead atoms. The van der Waals surface area contributed by atoms with Gasteiger partial charge in [-0.1, -0.05) is 11.6 Å². The minimum Gasteiger partial charge on any atom is -0.298 e. The molecule has 0 aliphatic rings. The maximum absolute atomic E-state index is 10.4. The van der Waals surface area contributed by atoms with Gasteiger partial charge in [0, 0.05) is 18.0 Å². The Morgan fingerprint density at radius 2 is 2.21 bits per heavy atom. The van der Waals surface area contributed by atoms with Gasteiger partial charge in [-0.2, -0.15) is 0 Å². The molecular weight excluding hydrogens is 202 g/mol. The molecule has 14 heavy (non-hydrogen) atoms. The van der Waals surface area contributed by atoms with E-state index in [1.54, 1.807) is 29.2 Å². The SMILES string of the molecule is O=Cc1ccc(-n2cnc(Cl)c2)nc1. The third kappa shape index (κ3) is 1.65. The van der Waals surface area contributed by atoms with Crippen LogP contribution in [0.1, 0.15) is 10.4 Å². The summed E-state index contributed by atoms with van der Waals surface area (Å²) in [7, 11) is 0. The second-order valence-electron chi connectivity index (χ2n) is 2.67. The lowest BCUT2D eigenvalue weighted by molar-refractivity contribution is 0.112. The van der Waals surface area contributed by atoms with Crippen LogP contribution in [0, 0.1) is 0 Å². The van der Waals surface area contributed by atoms with E-state index in [0.29, 0.717) is 16.5 Å². The zero-order valence-corrected chi connectivity index (χ0v) is 7.85. The number of halogens is 1. The van der Waals surface area contributed by atoms with Gasteiger partial charge in [-0.3, -0.25) is 9.36 Å². The number of pyridine rings is 1. The van der Waals surface area contributed by atoms with Gasteiger partial charge in [-0.05, 0) is 12.1 Å². The summed E-state index contributed by atoms with van der Waals surface area (Å²) in [6.45, 7) is 0. The van der Waals surface area contributed by atoms with Crippen LogP contribution in [0.2, 0.25) is 5.15 Å². The molecule has 5 heteroatoms. The van der Waals surface area contributed by atoms with Gasteiger partial charge in [0.2, 0.25) is 0 Å². The summed E-state index contributed by atoms with van der Waals surface area (Å²) in [5.41, 5.74) is 0.542. The lowest BCUT2D eigenvalue weighted by Crippen LogP contribution is -1.94. The van der Waals surface area contributed by atoms with E-state index in [2.05, 4.69) is 9.97 Å². The molecule has 2 aromatic rings. The van der Waals surface area contributed by atoms with Crippen molar-refractivity contribution in [1.82, 2.24) is 14.5 Å². The number of imidazole rings is 1. The van der Waals surface area contributed by atoms with Crippen LogP contribution in [0.15, 0.2) is 30.9 Å². The fourth-order valence-electron chi connectivity index (χ4n) is 1.04. The van der Waals surface area contributed by atoms with Crippen molar-refractivity contribution >= 4 is 17.9 Å². The molecule has 2 aromatic heterocycles. The molecule has 0 unspecified atom stereocenters. The predicted octanol–water partition coefficient (Wildman–Crippen LogP) is 1.73. The minimum atomic E-state index is 0.409. The van der Waals surface area contributed by atoms with E-state index in [1.807, 2.05) is 0 Å². The summed E-state index contributed by atoms with van der Waals surface area (Å²) in [4.78, 5) is 18.3. The Morgan fingerprint density at radius 1 is 1.36 bits per heavy atom. The largest absolute Gasteiger partial charge is 0.298 e. The Labute approximate surface area is 85.2 Å². The number of aldehydes is 1. The van der Waals surface area contributed by atoms with Crippen LogP contribution < -0.4 is 0 Å². The summed E-state index contributed by atoms with van der Waals surface area (Å²) in [5, 5.41) is 0.409. The molecule has 0 aliphatic heterocycles. The Kier molecular flexibility index (Phi) is 2.28. The standard InChI is InChI=1S/C9H6ClN3O/c10-8-4-13(6-12-8)9-2-1-7(5-14)3-11-9/h1-6H. The lowest BCUT2D eigenvalue weighted by atomic mass is 10.3. The van der Waals surface area contributed by atoms with Crippen molar-refractivity contribution in [2.45, 2.75) is 0 Å². The zero-order chi connectivity index (χ0) is 9.97. The van der Waals surface area contributed by atoms with Crippen LogP contribution in [0.4, 0.5) is 0 Å². The molecule has 0 saturated heterocycles. The fourth-order valence-corrected chi connectivity index (χ4v) is 1.19. The number of aromatic nitrogens is 3. The normalized spacial score (nSPS) is 10.1. The summed E-state index contributed by atoms with van der Waals surface area (Å²) in [5.74, 6) is 0.676. The van der Waals surface area contributed by atoms with E-state index >= 15 is 0 Å². The highest BCUT2D eigenvalue weighted by molar-refractivity contribution is 6.29. The van der Waals surface area contributed by atoms with E-state index < -0.39 is 0 Å². The summed E-state index contributed by atoms with van der Waals surface area (Å²) in [6, 6.07) is 3.41. The average Bonchev–Trinajstić information content (AvgIpc) is 2.65. The first-order valence-corrected chi connectivity index (χ1v) is 4.28. The van der Waals surface area contributed by atoms with Crippen LogP contribution in [0.3, 0.4) is 0 Å². The van der Waals surface area contributed by atoms with Crippen LogP contribution in [-0.4, -0.2) is 20.8 Å². The number of carbonyl (C=O) groups is 1. The predicted molar refractivity (Wildman–Crippen MR) is 51.8 cm³/mol. The van der Waals surface area contributed by atoms with Gasteiger partial charge in [0.25, 0.3) is 0 Å². The van der Waals surface area contributed by atoms with Crippen molar-refractivity contribution in [3.05, 3.63) is 41.6 Å². The molecule has 0 N–H and O–H groups in total. The smallest absolute Gasteiger partial charge is 0.151 e. The van der Waals surface area contributed by atoms with Gasteiger partial charge in [-0.25, -0.2) is 9.97 Å². The van der Waals surface area contributed by atoms with Gasteiger partial charge in [0.05, 0.1) is 0 Å². The van der Waals surface area contributed by atoms with Crippen LogP contribution >= 0.6 is 11.6 Å². The summed E-state index contributed by atoms with van der Waals surface area (Å²) in [6.07, 6.45) is 5.45. The maximum Gasteiger partial charge on any atom is 0.151 e. The fraction of sp³-hybridized carbons (Fsp3) is 0. The number of carbonyl (C=O) groups excluding carboxylic acids is 1. The lowest BCUT2D eigenvalue weighted by Gasteiger charge is -1.99. The van der Waals surface area contributed by atoms with Crippen LogP contribution in [0.5, 0.6) is 0 Å². The third-order valence-corrected chi connectivity index (χ3v) is 1.92. The molecule has 70 valence electrons. The second-order valence-corrected chi connectivity index (χ2v) is 3.06. The molecule has 0 aliphatic carbocycles. The van der Waals surface area contributed by atoms with Gasteiger partial charge >= 0.3 is 0 Å². The quantitative estimate of drug-likeness (QED) is 0.705. The molecule has 0 fully saturated rings. The van der Waals surface area contributed by atoms with Crippen molar-refractivity contribution in [1.29, 1.82) is 0 Å². The molecule has 2 heterocycles. The van der Waals surface area contributed by atoms with Crippen LogP contribution in [-0.2, 0) is 0 Å². The monoisotopic (exact) mass is 207 g/mol. The van der Waals surface area contributed by atoms with Crippen molar-refractivity contribution in [3.63, 3.8) is 0 Å². The van der Waals surface area contributed by atoms with Gasteiger partial charge in [0.1, 0.15) is 17.3 Å². The highest BCUT2D eigenvalue weighted by Crippen LogP contribution is 2.09. The van der Waals surface area contributed by atoms with Gasteiger partial charge in [0.15, 0.2) is 6.29 Å². The average molecular weight is 208 g/mol. The second kappa shape index (κ2) is 3.59. The number of hydrogen-bond donors (Lipinski definition) is 0. The highest BCUT2D eigenvalue weighted by atomic mass is 35.5. The van der Waals surface area contributed by atoms with E-state index in [0.717, 1.165) is 6.29 Å². The van der Waals surface area contributed by atoms with E-state index in [9.17, 15) is 4.79 Å². The molecular formula is C9H6ClN3O. The minimum absolute atomic E-state index is 0.409. The molecule has 4 nitrogen and oxygen atoms in total. The molecule has 0 amide bonds. The highest BCUT2D eigenvalue weighted by Gasteiger charge is 1.99. The first kappa shape index (κ1) is 8.90.